The number of hydrogen-bond donors (Lipinski definition) is 1. The lowest BCUT2D eigenvalue weighted by Gasteiger charge is -2.19. The van der Waals surface area contributed by atoms with E-state index in [1.807, 2.05) is 11.8 Å². The van der Waals surface area contributed by atoms with Gasteiger partial charge >= 0.3 is 0 Å². The highest BCUT2D eigenvalue weighted by molar-refractivity contribution is 7.99. The van der Waals surface area contributed by atoms with Crippen LogP contribution >= 0.6 is 11.8 Å². The number of hydrogen-bond acceptors (Lipinski definition) is 4. The molecule has 0 aliphatic carbocycles. The molecule has 0 aromatic carbocycles. The zero-order chi connectivity index (χ0) is 14.6. The minimum absolute atomic E-state index is 0.353. The Morgan fingerprint density at radius 1 is 1.11 bits per heavy atom. The Kier molecular flexibility index (Phi) is 6.11. The van der Waals surface area contributed by atoms with Crippen LogP contribution < -0.4 is 5.32 Å². The van der Waals surface area contributed by atoms with E-state index >= 15 is 0 Å². The van der Waals surface area contributed by atoms with Crippen molar-refractivity contribution in [1.29, 1.82) is 0 Å². The van der Waals surface area contributed by atoms with E-state index in [-0.39, 0.29) is 0 Å². The van der Waals surface area contributed by atoms with Crippen LogP contribution in [0.25, 0.3) is 0 Å². The molecule has 1 unspecified atom stereocenters. The fourth-order valence-electron chi connectivity index (χ4n) is 1.54. The average molecular weight is 281 g/mol. The van der Waals surface area contributed by atoms with Crippen molar-refractivity contribution in [2.45, 2.75) is 64.7 Å². The van der Waals surface area contributed by atoms with Gasteiger partial charge in [-0.1, -0.05) is 34.6 Å². The lowest BCUT2D eigenvalue weighted by molar-refractivity contribution is 0.640. The average Bonchev–Trinajstić information content (AvgIpc) is 2.33. The first-order valence-corrected chi connectivity index (χ1v) is 8.03. The van der Waals surface area contributed by atoms with Crippen LogP contribution in [0.3, 0.4) is 0 Å². The van der Waals surface area contributed by atoms with E-state index in [0.717, 1.165) is 23.2 Å². The topological polar surface area (TPSA) is 37.8 Å². The zero-order valence-electron chi connectivity index (χ0n) is 13.2. The summed E-state index contributed by atoms with van der Waals surface area (Å²) in [6, 6.07) is 0. The van der Waals surface area contributed by atoms with Crippen LogP contribution in [0.15, 0.2) is 5.03 Å². The summed E-state index contributed by atoms with van der Waals surface area (Å²) in [7, 11) is 0. The third-order valence-corrected chi connectivity index (χ3v) is 4.75. The van der Waals surface area contributed by atoms with E-state index in [9.17, 15) is 0 Å². The minimum atomic E-state index is 0.353. The van der Waals surface area contributed by atoms with Crippen molar-refractivity contribution in [3.63, 3.8) is 0 Å². The van der Waals surface area contributed by atoms with E-state index in [0.29, 0.717) is 17.1 Å². The van der Waals surface area contributed by atoms with Crippen molar-refractivity contribution in [2.24, 2.45) is 5.92 Å². The van der Waals surface area contributed by atoms with E-state index in [2.05, 4.69) is 58.8 Å². The standard InChI is InChI=1S/C15H27N3S/c1-8-16-14-11(6)15(19-12(7)9(2)3)18-13(17-14)10(4)5/h9-10,12H,8H2,1-7H3,(H,16,17,18). The third kappa shape index (κ3) is 4.37. The van der Waals surface area contributed by atoms with Crippen LogP contribution in [-0.4, -0.2) is 21.8 Å². The molecule has 19 heavy (non-hydrogen) atoms. The molecule has 0 aliphatic heterocycles. The number of aromatic nitrogens is 2. The Bertz CT molecular complexity index is 416. The normalized spacial score (nSPS) is 13.1. The Morgan fingerprint density at radius 2 is 1.74 bits per heavy atom. The molecule has 1 aromatic rings. The van der Waals surface area contributed by atoms with E-state index in [1.165, 1.54) is 5.56 Å². The van der Waals surface area contributed by atoms with Crippen LogP contribution in [-0.2, 0) is 0 Å². The molecular weight excluding hydrogens is 254 g/mol. The molecule has 0 fully saturated rings. The van der Waals surface area contributed by atoms with Gasteiger partial charge in [-0.25, -0.2) is 9.97 Å². The van der Waals surface area contributed by atoms with Gasteiger partial charge < -0.3 is 5.32 Å². The molecule has 0 bridgehead atoms. The molecule has 3 nitrogen and oxygen atoms in total. The highest BCUT2D eigenvalue weighted by Crippen LogP contribution is 2.32. The van der Waals surface area contributed by atoms with Crippen molar-refractivity contribution in [1.82, 2.24) is 9.97 Å². The van der Waals surface area contributed by atoms with Gasteiger partial charge in [0.05, 0.1) is 0 Å². The second-order valence-corrected chi connectivity index (χ2v) is 6.98. The predicted molar refractivity (Wildman–Crippen MR) is 85.2 cm³/mol. The second-order valence-electron chi connectivity index (χ2n) is 5.61. The van der Waals surface area contributed by atoms with Crippen molar-refractivity contribution >= 4 is 17.6 Å². The van der Waals surface area contributed by atoms with Gasteiger partial charge in [-0.2, -0.15) is 0 Å². The molecule has 1 heterocycles. The molecule has 0 radical (unpaired) electrons. The smallest absolute Gasteiger partial charge is 0.134 e. The number of anilines is 1. The van der Waals surface area contributed by atoms with Crippen molar-refractivity contribution in [3.05, 3.63) is 11.4 Å². The first-order chi connectivity index (χ1) is 8.86. The molecule has 1 N–H and O–H groups in total. The Morgan fingerprint density at radius 3 is 2.21 bits per heavy atom. The lowest BCUT2D eigenvalue weighted by atomic mass is 10.2. The summed E-state index contributed by atoms with van der Waals surface area (Å²) in [5.74, 6) is 2.91. The SMILES string of the molecule is CCNc1nc(C(C)C)nc(SC(C)C(C)C)c1C. The summed E-state index contributed by atoms with van der Waals surface area (Å²) < 4.78 is 0. The van der Waals surface area contributed by atoms with E-state index in [4.69, 9.17) is 4.98 Å². The van der Waals surface area contributed by atoms with Gasteiger partial charge in [0.2, 0.25) is 0 Å². The molecule has 0 saturated carbocycles. The molecule has 1 atom stereocenters. The third-order valence-electron chi connectivity index (χ3n) is 3.22. The van der Waals surface area contributed by atoms with Crippen molar-refractivity contribution < 1.29 is 0 Å². The van der Waals surface area contributed by atoms with Gasteiger partial charge in [-0.15, -0.1) is 11.8 Å². The fraction of sp³-hybridized carbons (Fsp3) is 0.733. The molecular formula is C15H27N3S. The number of nitrogens with zero attached hydrogens (tertiary/aromatic N) is 2. The van der Waals surface area contributed by atoms with Crippen LogP contribution in [0.2, 0.25) is 0 Å². The van der Waals surface area contributed by atoms with Gasteiger partial charge in [-0.3, -0.25) is 0 Å². The van der Waals surface area contributed by atoms with Crippen LogP contribution in [0.5, 0.6) is 0 Å². The molecule has 0 saturated heterocycles. The van der Waals surface area contributed by atoms with Gasteiger partial charge in [0.1, 0.15) is 16.7 Å². The molecule has 4 heteroatoms. The van der Waals surface area contributed by atoms with E-state index in [1.54, 1.807) is 0 Å². The lowest BCUT2D eigenvalue weighted by Crippen LogP contribution is -2.11. The van der Waals surface area contributed by atoms with Crippen molar-refractivity contribution in [3.8, 4) is 0 Å². The molecule has 0 amide bonds. The zero-order valence-corrected chi connectivity index (χ0v) is 14.1. The number of rotatable bonds is 6. The Hall–Kier alpha value is -0.770. The summed E-state index contributed by atoms with van der Waals surface area (Å²) in [5.41, 5.74) is 1.17. The quantitative estimate of drug-likeness (QED) is 0.616. The summed E-state index contributed by atoms with van der Waals surface area (Å²) in [6.45, 7) is 16.1. The molecule has 0 spiro atoms. The summed E-state index contributed by atoms with van der Waals surface area (Å²) in [5, 5.41) is 5.03. The highest BCUT2D eigenvalue weighted by atomic mass is 32.2. The Balaban J connectivity index is 3.13. The van der Waals surface area contributed by atoms with E-state index < -0.39 is 0 Å². The highest BCUT2D eigenvalue weighted by Gasteiger charge is 2.17. The molecule has 1 rings (SSSR count). The summed E-state index contributed by atoms with van der Waals surface area (Å²) >= 11 is 1.86. The monoisotopic (exact) mass is 281 g/mol. The van der Waals surface area contributed by atoms with Gasteiger partial charge in [-0.05, 0) is 19.8 Å². The largest absolute Gasteiger partial charge is 0.370 e. The molecule has 108 valence electrons. The summed E-state index contributed by atoms with van der Waals surface area (Å²) in [4.78, 5) is 9.39. The number of nitrogens with one attached hydrogen (secondary N) is 1. The maximum atomic E-state index is 4.75. The summed E-state index contributed by atoms with van der Waals surface area (Å²) in [6.07, 6.45) is 0. The number of thioether (sulfide) groups is 1. The first kappa shape index (κ1) is 16.3. The van der Waals surface area contributed by atoms with Gasteiger partial charge in [0.25, 0.3) is 0 Å². The first-order valence-electron chi connectivity index (χ1n) is 7.15. The van der Waals surface area contributed by atoms with Crippen LogP contribution in [0, 0.1) is 12.8 Å². The predicted octanol–water partition coefficient (Wildman–Crippen LogP) is 4.48. The van der Waals surface area contributed by atoms with Crippen molar-refractivity contribution in [2.75, 3.05) is 11.9 Å². The van der Waals surface area contributed by atoms with Gasteiger partial charge in [0.15, 0.2) is 0 Å². The van der Waals surface area contributed by atoms with Gasteiger partial charge in [0, 0.05) is 23.3 Å². The maximum absolute atomic E-state index is 4.75. The second kappa shape index (κ2) is 7.13. The van der Waals surface area contributed by atoms with Crippen LogP contribution in [0.4, 0.5) is 5.82 Å². The Labute approximate surface area is 122 Å². The minimum Gasteiger partial charge on any atom is -0.370 e. The molecule has 0 aliphatic rings. The van der Waals surface area contributed by atoms with Crippen LogP contribution in [0.1, 0.15) is 58.8 Å². The maximum Gasteiger partial charge on any atom is 0.134 e. The molecule has 1 aromatic heterocycles. The fourth-order valence-corrected chi connectivity index (χ4v) is 2.58.